The topological polar surface area (TPSA) is 29.1 Å². The van der Waals surface area contributed by atoms with Crippen LogP contribution < -0.4 is 5.32 Å². The van der Waals surface area contributed by atoms with Crippen LogP contribution in [0.4, 0.5) is 0 Å². The predicted molar refractivity (Wildman–Crippen MR) is 29.1 cm³/mol. The van der Waals surface area contributed by atoms with Gasteiger partial charge in [0, 0.05) is 6.42 Å². The minimum absolute atomic E-state index is 0.00231. The first-order chi connectivity index (χ1) is 3.31. The zero-order chi connectivity index (χ0) is 5.70. The number of rotatable bonds is 2. The van der Waals surface area contributed by atoms with Crippen LogP contribution in [0, 0.1) is 0 Å². The molecule has 0 aliphatic heterocycles. The van der Waals surface area contributed by atoms with Crippen LogP contribution >= 0.6 is 0 Å². The number of carbonyl (C=O) groups is 1. The van der Waals surface area contributed by atoms with Gasteiger partial charge in [0.05, 0.1) is 7.85 Å². The molecule has 2 radical (unpaired) electrons. The molecule has 1 N–H and O–H groups in total. The number of amides is 1. The first-order valence-electron chi connectivity index (χ1n) is 2.28. The molecule has 3 heteroatoms. The Kier molecular flexibility index (Phi) is 3.47. The molecule has 0 saturated heterocycles. The average molecular weight is 96.9 g/mol. The van der Waals surface area contributed by atoms with Gasteiger partial charge in [0.1, 0.15) is 0 Å². The molecule has 2 nitrogen and oxygen atoms in total. The summed E-state index contributed by atoms with van der Waals surface area (Å²) in [5, 5.41) is 2.43. The second kappa shape index (κ2) is 3.72. The van der Waals surface area contributed by atoms with Gasteiger partial charge in [0.15, 0.2) is 0 Å². The molecule has 0 atom stereocenters. The molecule has 0 aliphatic rings. The van der Waals surface area contributed by atoms with Crippen LogP contribution in [-0.2, 0) is 4.79 Å². The highest BCUT2D eigenvalue weighted by Gasteiger charge is 1.88. The Balaban J connectivity index is 3.00. The summed E-state index contributed by atoms with van der Waals surface area (Å²) in [5.41, 5.74) is 0. The summed E-state index contributed by atoms with van der Waals surface area (Å²) in [6.07, 6.45) is 0.754. The largest absolute Gasteiger partial charge is 0.365 e. The lowest BCUT2D eigenvalue weighted by Crippen LogP contribution is -2.22. The third-order valence-corrected chi connectivity index (χ3v) is 0.620. The van der Waals surface area contributed by atoms with Crippen molar-refractivity contribution in [2.45, 2.75) is 13.3 Å². The Morgan fingerprint density at radius 2 is 2.43 bits per heavy atom. The van der Waals surface area contributed by atoms with Crippen molar-refractivity contribution in [1.82, 2.24) is 5.32 Å². The Bertz CT molecular complexity index is 64.7. The van der Waals surface area contributed by atoms with Gasteiger partial charge in [-0.3, -0.25) is 4.79 Å². The highest BCUT2D eigenvalue weighted by Crippen LogP contribution is 1.69. The van der Waals surface area contributed by atoms with E-state index < -0.39 is 0 Å². The van der Waals surface area contributed by atoms with Crippen LogP contribution in [0.1, 0.15) is 13.3 Å². The van der Waals surface area contributed by atoms with Crippen molar-refractivity contribution in [3.05, 3.63) is 0 Å². The van der Waals surface area contributed by atoms with Crippen molar-refractivity contribution >= 4 is 13.8 Å². The Morgan fingerprint density at radius 3 is 2.57 bits per heavy atom. The summed E-state index contributed by atoms with van der Waals surface area (Å²) in [4.78, 5) is 10.2. The molecule has 0 aliphatic carbocycles. The van der Waals surface area contributed by atoms with Gasteiger partial charge in [-0.2, -0.15) is 0 Å². The third kappa shape index (κ3) is 3.36. The van der Waals surface area contributed by atoms with Crippen LogP contribution in [-0.4, -0.2) is 20.2 Å². The van der Waals surface area contributed by atoms with Crippen molar-refractivity contribution in [2.75, 3.05) is 6.44 Å². The first kappa shape index (κ1) is 6.53. The molecule has 0 rings (SSSR count). The number of hydrogen-bond donors (Lipinski definition) is 1. The second-order valence-corrected chi connectivity index (χ2v) is 1.16. The lowest BCUT2D eigenvalue weighted by Gasteiger charge is -1.93. The highest BCUT2D eigenvalue weighted by molar-refractivity contribution is 6.09. The fourth-order valence-corrected chi connectivity index (χ4v) is 0.239. The summed E-state index contributed by atoms with van der Waals surface area (Å²) >= 11 is 0. The predicted octanol–water partition coefficient (Wildman–Crippen LogP) is -0.361. The highest BCUT2D eigenvalue weighted by atomic mass is 16.1. The van der Waals surface area contributed by atoms with Crippen LogP contribution in [0.5, 0.6) is 0 Å². The molecule has 0 saturated carbocycles. The van der Waals surface area contributed by atoms with E-state index in [9.17, 15) is 4.79 Å². The SMILES string of the molecule is [B]CNC(=O)CC. The summed E-state index contributed by atoms with van der Waals surface area (Å²) in [6.45, 7) is 1.78. The Morgan fingerprint density at radius 1 is 1.86 bits per heavy atom. The fraction of sp³-hybridized carbons (Fsp3) is 0.750. The second-order valence-electron chi connectivity index (χ2n) is 1.16. The molecule has 1 amide bonds. The average Bonchev–Trinajstić information content (AvgIpc) is 1.68. The molecule has 38 valence electrons. The number of carbonyl (C=O) groups excluding carboxylic acids is 1. The molecular weight excluding hydrogens is 88.9 g/mol. The van der Waals surface area contributed by atoms with Gasteiger partial charge in [-0.1, -0.05) is 6.92 Å². The summed E-state index contributed by atoms with van der Waals surface area (Å²) in [5.74, 6) is 0.00231. The normalized spacial score (nSPS) is 8.14. The minimum Gasteiger partial charge on any atom is -0.365 e. The maximum absolute atomic E-state index is 10.2. The molecule has 0 fully saturated rings. The van der Waals surface area contributed by atoms with E-state index in [1.54, 1.807) is 6.92 Å². The van der Waals surface area contributed by atoms with Gasteiger partial charge in [0.2, 0.25) is 5.91 Å². The van der Waals surface area contributed by atoms with Crippen molar-refractivity contribution in [1.29, 1.82) is 0 Å². The van der Waals surface area contributed by atoms with E-state index in [4.69, 9.17) is 7.85 Å². The smallest absolute Gasteiger partial charge is 0.219 e. The minimum atomic E-state index is 0.00231. The molecule has 0 bridgehead atoms. The van der Waals surface area contributed by atoms with E-state index in [0.29, 0.717) is 6.42 Å². The van der Waals surface area contributed by atoms with Gasteiger partial charge >= 0.3 is 0 Å². The maximum Gasteiger partial charge on any atom is 0.219 e. The Hall–Kier alpha value is -0.465. The van der Waals surface area contributed by atoms with Crippen molar-refractivity contribution in [2.24, 2.45) is 0 Å². The van der Waals surface area contributed by atoms with Crippen LogP contribution in [0.3, 0.4) is 0 Å². The van der Waals surface area contributed by atoms with Crippen LogP contribution in [0.15, 0.2) is 0 Å². The number of hydrogen-bond acceptors (Lipinski definition) is 1. The quantitative estimate of drug-likeness (QED) is 0.468. The van der Waals surface area contributed by atoms with Gasteiger partial charge in [0.25, 0.3) is 0 Å². The molecular formula is C4H8BNO. The van der Waals surface area contributed by atoms with Crippen molar-refractivity contribution < 1.29 is 4.79 Å². The van der Waals surface area contributed by atoms with Gasteiger partial charge in [-0.15, -0.1) is 0 Å². The number of nitrogens with one attached hydrogen (secondary N) is 1. The molecule has 7 heavy (non-hydrogen) atoms. The van der Waals surface area contributed by atoms with Gasteiger partial charge in [-0.25, -0.2) is 0 Å². The molecule has 0 aromatic heterocycles. The maximum atomic E-state index is 10.2. The molecule has 0 heterocycles. The molecule has 0 spiro atoms. The van der Waals surface area contributed by atoms with E-state index in [1.165, 1.54) is 0 Å². The third-order valence-electron chi connectivity index (χ3n) is 0.620. The van der Waals surface area contributed by atoms with Crippen molar-refractivity contribution in [3.8, 4) is 0 Å². The molecule has 0 aromatic carbocycles. The van der Waals surface area contributed by atoms with Gasteiger partial charge < -0.3 is 5.32 Å². The lowest BCUT2D eigenvalue weighted by molar-refractivity contribution is -0.120. The summed E-state index contributed by atoms with van der Waals surface area (Å²) < 4.78 is 0. The Labute approximate surface area is 44.7 Å². The molecule has 0 unspecified atom stereocenters. The lowest BCUT2D eigenvalue weighted by atomic mass is 10.2. The summed E-state index contributed by atoms with van der Waals surface area (Å²) in [6, 6.07) is 0. The zero-order valence-electron chi connectivity index (χ0n) is 4.40. The van der Waals surface area contributed by atoms with Crippen LogP contribution in [0.2, 0.25) is 0 Å². The monoisotopic (exact) mass is 97.1 g/mol. The fourth-order valence-electron chi connectivity index (χ4n) is 0.239. The van der Waals surface area contributed by atoms with E-state index in [2.05, 4.69) is 5.32 Å². The van der Waals surface area contributed by atoms with E-state index in [0.717, 1.165) is 0 Å². The first-order valence-corrected chi connectivity index (χ1v) is 2.28. The standard InChI is InChI=1S/C4H8BNO/c1-2-4(7)6-3-5/h2-3H2,1H3,(H,6,7). The van der Waals surface area contributed by atoms with E-state index in [-0.39, 0.29) is 12.4 Å². The van der Waals surface area contributed by atoms with Gasteiger partial charge in [-0.05, 0) is 6.44 Å². The van der Waals surface area contributed by atoms with Crippen molar-refractivity contribution in [3.63, 3.8) is 0 Å². The van der Waals surface area contributed by atoms with E-state index >= 15 is 0 Å². The zero-order valence-corrected chi connectivity index (χ0v) is 4.40. The molecule has 0 aromatic rings. The van der Waals surface area contributed by atoms with E-state index in [1.807, 2.05) is 0 Å². The summed E-state index contributed by atoms with van der Waals surface area (Å²) in [7, 11) is 4.97. The van der Waals surface area contributed by atoms with Crippen LogP contribution in [0.25, 0.3) is 0 Å².